The largest absolute Gasteiger partial charge is 0.354 e. The summed E-state index contributed by atoms with van der Waals surface area (Å²) in [4.78, 5) is 20.5. The third kappa shape index (κ3) is 4.34. The van der Waals surface area contributed by atoms with E-state index in [9.17, 15) is 9.00 Å². The van der Waals surface area contributed by atoms with Crippen molar-refractivity contribution in [1.82, 2.24) is 13.9 Å². The third-order valence-electron chi connectivity index (χ3n) is 6.14. The first-order chi connectivity index (χ1) is 16.5. The molecule has 3 heterocycles. The Morgan fingerprint density at radius 2 is 1.56 bits per heavy atom. The number of anilines is 3. The Kier molecular flexibility index (Phi) is 6.17. The zero-order chi connectivity index (χ0) is 23.7. The second kappa shape index (κ2) is 9.40. The molecule has 0 spiro atoms. The van der Waals surface area contributed by atoms with Gasteiger partial charge in [-0.3, -0.25) is 9.36 Å². The molecule has 8 heteroatoms. The van der Waals surface area contributed by atoms with Crippen molar-refractivity contribution in [3.05, 3.63) is 88.6 Å². The molecule has 0 radical (unpaired) electrons. The average Bonchev–Trinajstić information content (AvgIpc) is 2.85. The summed E-state index contributed by atoms with van der Waals surface area (Å²) in [6.07, 6.45) is 1.72. The van der Waals surface area contributed by atoms with Crippen LogP contribution >= 0.6 is 0 Å². The summed E-state index contributed by atoms with van der Waals surface area (Å²) < 4.78 is 15.8. The van der Waals surface area contributed by atoms with E-state index in [0.29, 0.717) is 29.9 Å². The zero-order valence-corrected chi connectivity index (χ0v) is 20.1. The first-order valence-corrected chi connectivity index (χ1v) is 12.8. The number of aryl methyl sites for hydroxylation is 1. The fourth-order valence-electron chi connectivity index (χ4n) is 4.42. The summed E-state index contributed by atoms with van der Waals surface area (Å²) >= 11 is 0. The van der Waals surface area contributed by atoms with Gasteiger partial charge in [0.05, 0.1) is 16.4 Å². The summed E-state index contributed by atoms with van der Waals surface area (Å²) in [5.41, 5.74) is 3.25. The van der Waals surface area contributed by atoms with Gasteiger partial charge < -0.3 is 10.2 Å². The Morgan fingerprint density at radius 3 is 2.21 bits per heavy atom. The molecule has 1 unspecified atom stereocenters. The fraction of sp³-hybridized carbons (Fsp3) is 0.231. The van der Waals surface area contributed by atoms with Crippen LogP contribution in [0.5, 0.6) is 0 Å². The summed E-state index contributed by atoms with van der Waals surface area (Å²) in [7, 11) is -0.972. The van der Waals surface area contributed by atoms with Gasteiger partial charge in [0.25, 0.3) is 0 Å². The molecule has 1 fully saturated rings. The van der Waals surface area contributed by atoms with Crippen LogP contribution in [0.3, 0.4) is 0 Å². The van der Waals surface area contributed by atoms with Crippen molar-refractivity contribution in [3.8, 4) is 5.69 Å². The highest BCUT2D eigenvalue weighted by Crippen LogP contribution is 2.28. The lowest BCUT2D eigenvalue weighted by Crippen LogP contribution is -2.47. The maximum atomic E-state index is 13.3. The van der Waals surface area contributed by atoms with Crippen LogP contribution in [0, 0.1) is 6.92 Å². The van der Waals surface area contributed by atoms with Crippen molar-refractivity contribution < 1.29 is 4.21 Å². The quantitative estimate of drug-likeness (QED) is 0.477. The lowest BCUT2D eigenvalue weighted by molar-refractivity contribution is 0.411. The van der Waals surface area contributed by atoms with Crippen LogP contribution in [-0.2, 0) is 11.0 Å². The minimum atomic E-state index is -0.972. The van der Waals surface area contributed by atoms with Crippen molar-refractivity contribution in [3.63, 3.8) is 0 Å². The molecule has 174 valence electrons. The van der Waals surface area contributed by atoms with Crippen LogP contribution in [0.1, 0.15) is 5.56 Å². The Morgan fingerprint density at radius 1 is 0.912 bits per heavy atom. The van der Waals surface area contributed by atoms with Gasteiger partial charge in [0, 0.05) is 49.9 Å². The number of nitrogens with zero attached hydrogens (tertiary/aromatic N) is 4. The van der Waals surface area contributed by atoms with E-state index in [0.717, 1.165) is 35.8 Å². The summed E-state index contributed by atoms with van der Waals surface area (Å²) in [6.45, 7) is 4.85. The maximum Gasteiger partial charge on any atom is 0.193 e. The van der Waals surface area contributed by atoms with E-state index in [1.165, 1.54) is 0 Å². The van der Waals surface area contributed by atoms with Gasteiger partial charge in [-0.1, -0.05) is 36.4 Å². The number of benzene rings is 2. The number of nitrogens with one attached hydrogen (secondary N) is 1. The molecular formula is C26H27N5O2S. The van der Waals surface area contributed by atoms with Crippen LogP contribution in [-0.4, -0.2) is 50.5 Å². The minimum Gasteiger partial charge on any atom is -0.354 e. The molecule has 1 aliphatic heterocycles. The number of pyridine rings is 2. The average molecular weight is 474 g/mol. The van der Waals surface area contributed by atoms with Gasteiger partial charge in [0.1, 0.15) is 11.6 Å². The van der Waals surface area contributed by atoms with Gasteiger partial charge >= 0.3 is 0 Å². The van der Waals surface area contributed by atoms with E-state index in [2.05, 4.69) is 10.2 Å². The van der Waals surface area contributed by atoms with Crippen LogP contribution in [0.2, 0.25) is 0 Å². The van der Waals surface area contributed by atoms with Gasteiger partial charge in [0.2, 0.25) is 0 Å². The molecule has 34 heavy (non-hydrogen) atoms. The molecule has 0 aliphatic carbocycles. The number of hydrogen-bond donors (Lipinski definition) is 1. The van der Waals surface area contributed by atoms with Gasteiger partial charge in [-0.25, -0.2) is 13.5 Å². The first kappa shape index (κ1) is 22.3. The Labute approximate surface area is 201 Å². The predicted molar refractivity (Wildman–Crippen MR) is 140 cm³/mol. The number of aromatic nitrogens is 2. The minimum absolute atomic E-state index is 0.0663. The lowest BCUT2D eigenvalue weighted by atomic mass is 10.1. The van der Waals surface area contributed by atoms with E-state index in [4.69, 9.17) is 4.98 Å². The molecule has 4 aromatic rings. The van der Waals surface area contributed by atoms with Gasteiger partial charge in [-0.15, -0.1) is 0 Å². The summed E-state index contributed by atoms with van der Waals surface area (Å²) in [6, 6.07) is 23.4. The zero-order valence-electron chi connectivity index (χ0n) is 19.3. The SMILES string of the molecule is Cc1cc(N2CCN(S(C)=O)CC2)nc2c1c(=O)cc(Nc1ccccc1)n2-c1ccccc1. The van der Waals surface area contributed by atoms with E-state index in [1.54, 1.807) is 12.3 Å². The topological polar surface area (TPSA) is 70.5 Å². The second-order valence-electron chi connectivity index (χ2n) is 8.39. The molecule has 0 amide bonds. The van der Waals surface area contributed by atoms with Gasteiger partial charge in [-0.2, -0.15) is 0 Å². The van der Waals surface area contributed by atoms with Crippen LogP contribution in [0.15, 0.2) is 77.6 Å². The predicted octanol–water partition coefficient (Wildman–Crippen LogP) is 3.85. The smallest absolute Gasteiger partial charge is 0.193 e. The lowest BCUT2D eigenvalue weighted by Gasteiger charge is -2.34. The molecule has 0 bridgehead atoms. The molecule has 1 aliphatic rings. The van der Waals surface area contributed by atoms with Crippen LogP contribution in [0.25, 0.3) is 16.7 Å². The number of fused-ring (bicyclic) bond motifs is 1. The first-order valence-electron chi connectivity index (χ1n) is 11.3. The van der Waals surface area contributed by atoms with Gasteiger partial charge in [0.15, 0.2) is 11.1 Å². The monoisotopic (exact) mass is 473 g/mol. The molecule has 0 saturated carbocycles. The Balaban J connectivity index is 1.68. The fourth-order valence-corrected chi connectivity index (χ4v) is 5.09. The van der Waals surface area contributed by atoms with Crippen molar-refractivity contribution in [2.24, 2.45) is 0 Å². The molecular weight excluding hydrogens is 446 g/mol. The molecule has 5 rings (SSSR count). The normalized spacial score (nSPS) is 15.4. The molecule has 2 aromatic carbocycles. The van der Waals surface area contributed by atoms with Crippen molar-refractivity contribution >= 4 is 39.3 Å². The van der Waals surface area contributed by atoms with Crippen molar-refractivity contribution in [1.29, 1.82) is 0 Å². The Bertz CT molecular complexity index is 1400. The van der Waals surface area contributed by atoms with Crippen molar-refractivity contribution in [2.75, 3.05) is 42.7 Å². The molecule has 7 nitrogen and oxygen atoms in total. The van der Waals surface area contributed by atoms with Crippen LogP contribution < -0.4 is 15.6 Å². The molecule has 1 atom stereocenters. The number of rotatable bonds is 5. The van der Waals surface area contributed by atoms with Crippen LogP contribution in [0.4, 0.5) is 17.3 Å². The number of para-hydroxylation sites is 2. The third-order valence-corrected chi connectivity index (χ3v) is 7.23. The van der Waals surface area contributed by atoms with Gasteiger partial charge in [-0.05, 0) is 42.8 Å². The summed E-state index contributed by atoms with van der Waals surface area (Å²) in [5, 5.41) is 4.02. The van der Waals surface area contributed by atoms with E-state index < -0.39 is 11.0 Å². The number of piperazine rings is 1. The second-order valence-corrected chi connectivity index (χ2v) is 9.76. The highest BCUT2D eigenvalue weighted by atomic mass is 32.2. The number of hydrogen-bond acceptors (Lipinski definition) is 5. The summed E-state index contributed by atoms with van der Waals surface area (Å²) in [5.74, 6) is 1.48. The highest BCUT2D eigenvalue weighted by Gasteiger charge is 2.22. The van der Waals surface area contributed by atoms with E-state index >= 15 is 0 Å². The standard InChI is InChI=1S/C26H27N5O2S/c1-19-17-23(29-13-15-30(16-14-29)34(2)33)28-26-25(19)22(32)18-24(27-20-9-5-3-6-10-20)31(26)21-11-7-4-8-12-21/h3-12,17-18,27H,13-16H2,1-2H3. The van der Waals surface area contributed by atoms with Crippen molar-refractivity contribution in [2.45, 2.75) is 6.92 Å². The highest BCUT2D eigenvalue weighted by molar-refractivity contribution is 7.81. The van der Waals surface area contributed by atoms with E-state index in [1.807, 2.05) is 82.5 Å². The molecule has 1 saturated heterocycles. The Hall–Kier alpha value is -3.49. The van der Waals surface area contributed by atoms with E-state index in [-0.39, 0.29) is 5.43 Å². The molecule has 1 N–H and O–H groups in total. The molecule has 2 aromatic heterocycles. The maximum absolute atomic E-state index is 13.3.